The van der Waals surface area contributed by atoms with Gasteiger partial charge in [0.15, 0.2) is 0 Å². The molecule has 0 aliphatic carbocycles. The molecule has 20 heavy (non-hydrogen) atoms. The van der Waals surface area contributed by atoms with Gasteiger partial charge in [0.25, 0.3) is 5.91 Å². The molecule has 1 unspecified atom stereocenters. The molecular weight excluding hydrogens is 258 g/mol. The third-order valence-corrected chi connectivity index (χ3v) is 3.14. The van der Waals surface area contributed by atoms with E-state index in [1.165, 1.54) is 0 Å². The van der Waals surface area contributed by atoms with Crippen molar-refractivity contribution >= 4 is 11.9 Å². The van der Waals surface area contributed by atoms with Crippen molar-refractivity contribution in [3.05, 3.63) is 17.5 Å². The summed E-state index contributed by atoms with van der Waals surface area (Å²) in [6, 6.07) is 0.827. The molecule has 0 bridgehead atoms. The molecule has 0 radical (unpaired) electrons. The van der Waals surface area contributed by atoms with Crippen molar-refractivity contribution in [2.75, 3.05) is 0 Å². The Morgan fingerprint density at radius 1 is 1.35 bits per heavy atom. The highest BCUT2D eigenvalue weighted by Gasteiger charge is 2.26. The SMILES string of the molecule is CCn1nc(C(C)C)cc1C(=O)NC(C(=O)O)C(C)C. The topological polar surface area (TPSA) is 84.2 Å². The summed E-state index contributed by atoms with van der Waals surface area (Å²) in [7, 11) is 0. The summed E-state index contributed by atoms with van der Waals surface area (Å²) in [6.45, 7) is 9.97. The number of aliphatic carboxylic acids is 1. The van der Waals surface area contributed by atoms with Crippen molar-refractivity contribution in [3.8, 4) is 0 Å². The first-order valence-electron chi connectivity index (χ1n) is 6.89. The highest BCUT2D eigenvalue weighted by atomic mass is 16.4. The molecule has 0 saturated heterocycles. The van der Waals surface area contributed by atoms with Gasteiger partial charge >= 0.3 is 5.97 Å². The number of amides is 1. The van der Waals surface area contributed by atoms with Gasteiger partial charge in [0.1, 0.15) is 11.7 Å². The van der Waals surface area contributed by atoms with Gasteiger partial charge in [-0.25, -0.2) is 4.79 Å². The van der Waals surface area contributed by atoms with Crippen LogP contribution in [0.1, 0.15) is 56.7 Å². The molecule has 1 rings (SSSR count). The van der Waals surface area contributed by atoms with Gasteiger partial charge in [-0.1, -0.05) is 27.7 Å². The van der Waals surface area contributed by atoms with Crippen LogP contribution in [0.15, 0.2) is 6.07 Å². The van der Waals surface area contributed by atoms with Crippen molar-refractivity contribution in [2.24, 2.45) is 5.92 Å². The van der Waals surface area contributed by atoms with Gasteiger partial charge in [-0.2, -0.15) is 5.10 Å². The van der Waals surface area contributed by atoms with Crippen molar-refractivity contribution in [1.82, 2.24) is 15.1 Å². The van der Waals surface area contributed by atoms with Crippen LogP contribution in [0.25, 0.3) is 0 Å². The Hall–Kier alpha value is -1.85. The summed E-state index contributed by atoms with van der Waals surface area (Å²) in [6.07, 6.45) is 0. The number of carbonyl (C=O) groups excluding carboxylic acids is 1. The van der Waals surface area contributed by atoms with E-state index in [0.717, 1.165) is 5.69 Å². The van der Waals surface area contributed by atoms with Crippen molar-refractivity contribution < 1.29 is 14.7 Å². The van der Waals surface area contributed by atoms with E-state index in [-0.39, 0.29) is 11.8 Å². The quantitative estimate of drug-likeness (QED) is 0.833. The maximum Gasteiger partial charge on any atom is 0.326 e. The fraction of sp³-hybridized carbons (Fsp3) is 0.643. The number of nitrogens with zero attached hydrogens (tertiary/aromatic N) is 2. The predicted molar refractivity (Wildman–Crippen MR) is 75.7 cm³/mol. The van der Waals surface area contributed by atoms with Gasteiger partial charge < -0.3 is 10.4 Å². The fourth-order valence-corrected chi connectivity index (χ4v) is 1.87. The zero-order chi connectivity index (χ0) is 15.4. The van der Waals surface area contributed by atoms with E-state index in [1.807, 2.05) is 20.8 Å². The molecule has 6 nitrogen and oxygen atoms in total. The lowest BCUT2D eigenvalue weighted by Gasteiger charge is -2.17. The third-order valence-electron chi connectivity index (χ3n) is 3.14. The highest BCUT2D eigenvalue weighted by molar-refractivity contribution is 5.95. The summed E-state index contributed by atoms with van der Waals surface area (Å²) >= 11 is 0. The van der Waals surface area contributed by atoms with Crippen LogP contribution < -0.4 is 5.32 Å². The highest BCUT2D eigenvalue weighted by Crippen LogP contribution is 2.15. The minimum absolute atomic E-state index is 0.181. The van der Waals surface area contributed by atoms with E-state index >= 15 is 0 Å². The molecule has 2 N–H and O–H groups in total. The Kier molecular flexibility index (Phi) is 5.30. The van der Waals surface area contributed by atoms with Gasteiger partial charge in [-0.15, -0.1) is 0 Å². The number of hydrogen-bond donors (Lipinski definition) is 2. The molecule has 1 aromatic rings. The average molecular weight is 281 g/mol. The Morgan fingerprint density at radius 2 is 1.95 bits per heavy atom. The van der Waals surface area contributed by atoms with E-state index in [2.05, 4.69) is 10.4 Å². The first-order chi connectivity index (χ1) is 9.27. The van der Waals surface area contributed by atoms with E-state index in [4.69, 9.17) is 5.11 Å². The van der Waals surface area contributed by atoms with Crippen LogP contribution in [0.2, 0.25) is 0 Å². The standard InChI is InChI=1S/C14H23N3O3/c1-6-17-11(7-10(16-17)8(2)3)13(18)15-12(9(4)5)14(19)20/h7-9,12H,6H2,1-5H3,(H,15,18)(H,19,20). The number of carboxylic acids is 1. The maximum atomic E-state index is 12.2. The Morgan fingerprint density at radius 3 is 2.35 bits per heavy atom. The number of carboxylic acid groups (broad SMARTS) is 1. The molecule has 0 fully saturated rings. The van der Waals surface area contributed by atoms with Crippen LogP contribution in [-0.2, 0) is 11.3 Å². The third kappa shape index (κ3) is 3.59. The summed E-state index contributed by atoms with van der Waals surface area (Å²) in [4.78, 5) is 23.4. The van der Waals surface area contributed by atoms with E-state index in [1.54, 1.807) is 24.6 Å². The molecule has 0 saturated carbocycles. The van der Waals surface area contributed by atoms with Gasteiger partial charge in [0, 0.05) is 6.54 Å². The van der Waals surface area contributed by atoms with Crippen LogP contribution in [0, 0.1) is 5.92 Å². The number of rotatable bonds is 6. The Balaban J connectivity index is 2.99. The number of carbonyl (C=O) groups is 2. The predicted octanol–water partition coefficient (Wildman–Crippen LogP) is 1.87. The maximum absolute atomic E-state index is 12.2. The Bertz CT molecular complexity index is 492. The normalized spacial score (nSPS) is 12.8. The number of hydrogen-bond acceptors (Lipinski definition) is 3. The van der Waals surface area contributed by atoms with Gasteiger partial charge in [0.2, 0.25) is 0 Å². The van der Waals surface area contributed by atoms with Crippen LogP contribution in [0.5, 0.6) is 0 Å². The first kappa shape index (κ1) is 16.2. The summed E-state index contributed by atoms with van der Waals surface area (Å²) in [5, 5.41) is 16.0. The lowest BCUT2D eigenvalue weighted by atomic mass is 10.0. The molecule has 112 valence electrons. The molecule has 1 heterocycles. The van der Waals surface area contributed by atoms with Gasteiger partial charge in [-0.05, 0) is 24.8 Å². The molecule has 0 spiro atoms. The Labute approximate surface area is 119 Å². The van der Waals surface area contributed by atoms with Crippen LogP contribution in [-0.4, -0.2) is 32.8 Å². The lowest BCUT2D eigenvalue weighted by Crippen LogP contribution is -2.44. The largest absolute Gasteiger partial charge is 0.480 e. The average Bonchev–Trinajstić information content (AvgIpc) is 2.79. The zero-order valence-electron chi connectivity index (χ0n) is 12.7. The van der Waals surface area contributed by atoms with Crippen molar-refractivity contribution in [3.63, 3.8) is 0 Å². The lowest BCUT2D eigenvalue weighted by molar-refractivity contribution is -0.140. The number of aryl methyl sites for hydroxylation is 1. The molecule has 1 amide bonds. The zero-order valence-corrected chi connectivity index (χ0v) is 12.7. The van der Waals surface area contributed by atoms with Crippen molar-refractivity contribution in [2.45, 2.75) is 53.1 Å². The minimum atomic E-state index is -1.03. The summed E-state index contributed by atoms with van der Waals surface area (Å²) in [5.41, 5.74) is 1.23. The van der Waals surface area contributed by atoms with Gasteiger partial charge in [-0.3, -0.25) is 9.48 Å². The molecule has 1 aromatic heterocycles. The molecule has 1 atom stereocenters. The van der Waals surface area contributed by atoms with Crippen LogP contribution in [0.3, 0.4) is 0 Å². The fourth-order valence-electron chi connectivity index (χ4n) is 1.87. The summed E-state index contributed by atoms with van der Waals surface area (Å²) in [5.74, 6) is -1.39. The van der Waals surface area contributed by atoms with E-state index < -0.39 is 17.9 Å². The number of aromatic nitrogens is 2. The molecule has 6 heteroatoms. The second-order valence-electron chi connectivity index (χ2n) is 5.46. The second kappa shape index (κ2) is 6.54. The van der Waals surface area contributed by atoms with Crippen LogP contribution >= 0.6 is 0 Å². The second-order valence-corrected chi connectivity index (χ2v) is 5.46. The van der Waals surface area contributed by atoms with Crippen LogP contribution in [0.4, 0.5) is 0 Å². The van der Waals surface area contributed by atoms with E-state index in [9.17, 15) is 9.59 Å². The monoisotopic (exact) mass is 281 g/mol. The molecule has 0 aromatic carbocycles. The van der Waals surface area contributed by atoms with Crippen molar-refractivity contribution in [1.29, 1.82) is 0 Å². The summed E-state index contributed by atoms with van der Waals surface area (Å²) < 4.78 is 1.60. The van der Waals surface area contributed by atoms with Gasteiger partial charge in [0.05, 0.1) is 5.69 Å². The molecular formula is C14H23N3O3. The number of nitrogens with one attached hydrogen (secondary N) is 1. The molecule has 0 aliphatic heterocycles. The minimum Gasteiger partial charge on any atom is -0.480 e. The van der Waals surface area contributed by atoms with E-state index in [0.29, 0.717) is 12.2 Å². The molecule has 0 aliphatic rings. The smallest absolute Gasteiger partial charge is 0.326 e. The first-order valence-corrected chi connectivity index (χ1v) is 6.89.